The Balaban J connectivity index is -0.000000409. The van der Waals surface area contributed by atoms with Crippen molar-refractivity contribution >= 4 is 34.8 Å². The van der Waals surface area contributed by atoms with E-state index in [0.29, 0.717) is 26.1 Å². The first kappa shape index (κ1) is 38.2. The minimum atomic E-state index is -0.748. The fourth-order valence-corrected chi connectivity index (χ4v) is 2.15. The quantitative estimate of drug-likeness (QED) is 0.242. The zero-order chi connectivity index (χ0) is 27.0. The molecule has 0 rings (SSSR count). The number of hydrogen-bond acceptors (Lipinski definition) is 6. The molecule has 0 saturated heterocycles. The molecule has 0 aromatic heterocycles. The number of halogens is 3. The van der Waals surface area contributed by atoms with Crippen molar-refractivity contribution in [2.75, 3.05) is 19.8 Å². The molecule has 0 amide bonds. The van der Waals surface area contributed by atoms with Gasteiger partial charge in [-0.25, -0.2) is 0 Å². The van der Waals surface area contributed by atoms with Gasteiger partial charge < -0.3 is 29.5 Å². The predicted molar refractivity (Wildman–Crippen MR) is 141 cm³/mol. The second-order valence-electron chi connectivity index (χ2n) is 10.9. The summed E-state index contributed by atoms with van der Waals surface area (Å²) in [4.78, 5) is 0. The van der Waals surface area contributed by atoms with Crippen LogP contribution in [0, 0.1) is 0 Å². The van der Waals surface area contributed by atoms with E-state index < -0.39 is 12.4 Å². The van der Waals surface area contributed by atoms with E-state index >= 15 is 0 Å². The molecule has 5 unspecified atom stereocenters. The van der Waals surface area contributed by atoms with E-state index in [1.54, 1.807) is 6.92 Å². The van der Waals surface area contributed by atoms with Gasteiger partial charge in [-0.05, 0) is 82.6 Å². The fourth-order valence-electron chi connectivity index (χ4n) is 1.77. The van der Waals surface area contributed by atoms with Gasteiger partial charge in [-0.3, -0.25) is 0 Å². The molecule has 0 spiro atoms. The number of ether oxygens (including phenoxy) is 3. The topological polar surface area (TPSA) is 88.4 Å². The van der Waals surface area contributed by atoms with Crippen LogP contribution in [0.1, 0.15) is 89.0 Å². The van der Waals surface area contributed by atoms with E-state index in [4.69, 9.17) is 54.1 Å². The summed E-state index contributed by atoms with van der Waals surface area (Å²) in [5.74, 6) is 0. The molecule has 9 heteroatoms. The first-order valence-corrected chi connectivity index (χ1v) is 12.8. The maximum Gasteiger partial charge on any atom is 0.156 e. The number of rotatable bonds is 10. The Labute approximate surface area is 218 Å². The van der Waals surface area contributed by atoms with Gasteiger partial charge in [0.05, 0.1) is 46.9 Å². The SMILES string of the molecule is CC(C)(C)OCC(Cl)CCO.CC(Cl)C(O)COC(C)(C)C.CC(Cl)CC(O)OC(C)(C)C. The van der Waals surface area contributed by atoms with Gasteiger partial charge in [0.25, 0.3) is 0 Å². The summed E-state index contributed by atoms with van der Waals surface area (Å²) >= 11 is 17.1. The molecule has 0 aliphatic rings. The summed E-state index contributed by atoms with van der Waals surface area (Å²) in [5.41, 5.74) is -0.638. The molecule has 0 fully saturated rings. The lowest BCUT2D eigenvalue weighted by atomic mass is 10.2. The Hall–Kier alpha value is 0.630. The fraction of sp³-hybridized carbons (Fsp3) is 1.00. The van der Waals surface area contributed by atoms with Gasteiger partial charge in [-0.2, -0.15) is 0 Å². The molecule has 0 aliphatic heterocycles. The summed E-state index contributed by atoms with van der Waals surface area (Å²) in [6.45, 7) is 22.0. The highest BCUT2D eigenvalue weighted by Crippen LogP contribution is 2.14. The number of aliphatic hydroxyl groups excluding tert-OH is 3. The predicted octanol–water partition coefficient (Wildman–Crippen LogP) is 5.72. The highest BCUT2D eigenvalue weighted by Gasteiger charge is 2.18. The molecule has 204 valence electrons. The van der Waals surface area contributed by atoms with Crippen LogP contribution in [0.15, 0.2) is 0 Å². The second-order valence-corrected chi connectivity index (χ2v) is 13.0. The highest BCUT2D eigenvalue weighted by molar-refractivity contribution is 6.21. The number of hydrogen-bond donors (Lipinski definition) is 3. The van der Waals surface area contributed by atoms with Gasteiger partial charge in [-0.15, -0.1) is 34.8 Å². The summed E-state index contributed by atoms with van der Waals surface area (Å²) < 4.78 is 15.9. The molecule has 0 heterocycles. The molecular formula is C24H51Cl3O6. The van der Waals surface area contributed by atoms with Crippen molar-refractivity contribution in [2.45, 2.75) is 134 Å². The molecule has 0 saturated carbocycles. The standard InChI is InChI=1S/3C8H17ClO2/c1-6(9)7(10)5-11-8(2,3)4;1-6(9)5-7(10)11-8(2,3)4;1-8(2,3)11-6-7(9)4-5-10/h2*6-7,10H,5H2,1-4H3;7,10H,4-6H2,1-3H3. The average Bonchev–Trinajstić information content (AvgIpc) is 2.55. The summed E-state index contributed by atoms with van der Waals surface area (Å²) in [6.07, 6.45) is -0.255. The summed E-state index contributed by atoms with van der Waals surface area (Å²) in [5, 5.41) is 26.6. The normalized spacial score (nSPS) is 17.0. The van der Waals surface area contributed by atoms with Crippen LogP contribution in [-0.4, -0.2) is 80.5 Å². The maximum atomic E-state index is 9.25. The first-order valence-electron chi connectivity index (χ1n) is 11.4. The molecule has 5 atom stereocenters. The molecule has 0 aromatic rings. The largest absolute Gasteiger partial charge is 0.396 e. The molecule has 6 nitrogen and oxygen atoms in total. The molecule has 3 N–H and O–H groups in total. The second kappa shape index (κ2) is 18.8. The minimum absolute atomic E-state index is 0.0488. The van der Waals surface area contributed by atoms with Gasteiger partial charge in [0.15, 0.2) is 6.29 Å². The van der Waals surface area contributed by atoms with Crippen LogP contribution in [-0.2, 0) is 14.2 Å². The Morgan fingerprint density at radius 2 is 1.15 bits per heavy atom. The molecule has 33 heavy (non-hydrogen) atoms. The highest BCUT2D eigenvalue weighted by atomic mass is 35.5. The third-order valence-corrected chi connectivity index (χ3v) is 4.19. The number of alkyl halides is 3. The van der Waals surface area contributed by atoms with Gasteiger partial charge in [0.2, 0.25) is 0 Å². The first-order chi connectivity index (χ1) is 14.6. The van der Waals surface area contributed by atoms with Crippen LogP contribution >= 0.6 is 34.8 Å². The van der Waals surface area contributed by atoms with Gasteiger partial charge >= 0.3 is 0 Å². The van der Waals surface area contributed by atoms with Crippen molar-refractivity contribution in [3.8, 4) is 0 Å². The monoisotopic (exact) mass is 540 g/mol. The van der Waals surface area contributed by atoms with E-state index in [-0.39, 0.29) is 39.5 Å². The van der Waals surface area contributed by atoms with Crippen molar-refractivity contribution in [1.29, 1.82) is 0 Å². The van der Waals surface area contributed by atoms with Crippen LogP contribution in [0.4, 0.5) is 0 Å². The van der Waals surface area contributed by atoms with Crippen LogP contribution in [0.5, 0.6) is 0 Å². The van der Waals surface area contributed by atoms with E-state index in [2.05, 4.69) is 0 Å². The zero-order valence-electron chi connectivity index (χ0n) is 22.6. The lowest BCUT2D eigenvalue weighted by Crippen LogP contribution is -2.30. The lowest BCUT2D eigenvalue weighted by molar-refractivity contribution is -0.167. The number of aliphatic hydroxyl groups is 3. The molecule has 0 aliphatic carbocycles. The van der Waals surface area contributed by atoms with Gasteiger partial charge in [0.1, 0.15) is 0 Å². The Morgan fingerprint density at radius 1 is 0.727 bits per heavy atom. The maximum absolute atomic E-state index is 9.25. The van der Waals surface area contributed by atoms with Crippen molar-refractivity contribution in [1.82, 2.24) is 0 Å². The zero-order valence-corrected chi connectivity index (χ0v) is 24.9. The summed E-state index contributed by atoms with van der Waals surface area (Å²) in [6, 6.07) is 0. The van der Waals surface area contributed by atoms with Crippen LogP contribution in [0.25, 0.3) is 0 Å². The van der Waals surface area contributed by atoms with Crippen molar-refractivity contribution in [2.24, 2.45) is 0 Å². The summed E-state index contributed by atoms with van der Waals surface area (Å²) in [7, 11) is 0. The van der Waals surface area contributed by atoms with Crippen LogP contribution < -0.4 is 0 Å². The molecule has 0 radical (unpaired) electrons. The lowest BCUT2D eigenvalue weighted by Gasteiger charge is -2.24. The molecule has 0 bridgehead atoms. The van der Waals surface area contributed by atoms with Gasteiger partial charge in [-0.1, -0.05) is 0 Å². The van der Waals surface area contributed by atoms with E-state index in [9.17, 15) is 10.2 Å². The van der Waals surface area contributed by atoms with Crippen molar-refractivity contribution in [3.63, 3.8) is 0 Å². The molecule has 0 aromatic carbocycles. The Morgan fingerprint density at radius 3 is 1.45 bits per heavy atom. The molecular weight excluding hydrogens is 491 g/mol. The average molecular weight is 542 g/mol. The van der Waals surface area contributed by atoms with E-state index in [1.165, 1.54) is 0 Å². The van der Waals surface area contributed by atoms with Crippen molar-refractivity contribution in [3.05, 3.63) is 0 Å². The van der Waals surface area contributed by atoms with E-state index in [1.807, 2.05) is 69.2 Å². The van der Waals surface area contributed by atoms with Gasteiger partial charge in [0, 0.05) is 18.4 Å². The van der Waals surface area contributed by atoms with Crippen LogP contribution in [0.2, 0.25) is 0 Å². The Kier molecular flexibility index (Phi) is 21.8. The third-order valence-electron chi connectivity index (χ3n) is 3.37. The minimum Gasteiger partial charge on any atom is -0.396 e. The smallest absolute Gasteiger partial charge is 0.156 e. The van der Waals surface area contributed by atoms with E-state index in [0.717, 1.165) is 0 Å². The van der Waals surface area contributed by atoms with Crippen molar-refractivity contribution < 1.29 is 29.5 Å². The Bertz CT molecular complexity index is 443. The van der Waals surface area contributed by atoms with Crippen LogP contribution in [0.3, 0.4) is 0 Å². The third kappa shape index (κ3) is 37.3.